The van der Waals surface area contributed by atoms with Crippen molar-refractivity contribution in [3.63, 3.8) is 0 Å². The maximum Gasteiger partial charge on any atom is 0.246 e. The van der Waals surface area contributed by atoms with Crippen molar-refractivity contribution < 1.29 is 17.7 Å². The fourth-order valence-electron chi connectivity index (χ4n) is 1.67. The van der Waals surface area contributed by atoms with Crippen molar-refractivity contribution in [2.24, 2.45) is 5.73 Å². The van der Waals surface area contributed by atoms with E-state index in [0.29, 0.717) is 19.5 Å². The molecule has 21 heavy (non-hydrogen) atoms. The van der Waals surface area contributed by atoms with Crippen molar-refractivity contribution in [1.29, 1.82) is 0 Å². The molecule has 0 aliphatic heterocycles. The maximum absolute atomic E-state index is 12.2. The second kappa shape index (κ2) is 8.32. The van der Waals surface area contributed by atoms with Gasteiger partial charge in [0, 0.05) is 6.54 Å². The smallest absolute Gasteiger partial charge is 0.246 e. The zero-order chi connectivity index (χ0) is 15.3. The zero-order valence-electron chi connectivity index (χ0n) is 12.2. The predicted molar refractivity (Wildman–Crippen MR) is 79.7 cm³/mol. The Kier molecular flexibility index (Phi) is 7.86. The second-order valence-electron chi connectivity index (χ2n) is 4.43. The van der Waals surface area contributed by atoms with Crippen LogP contribution in [0.4, 0.5) is 0 Å². The Bertz CT molecular complexity index is 553. The van der Waals surface area contributed by atoms with Crippen LogP contribution in [0, 0.1) is 13.8 Å². The number of nitrogens with two attached hydrogens (primary N) is 1. The summed E-state index contributed by atoms with van der Waals surface area (Å²) in [6, 6.07) is -0.897. The lowest BCUT2D eigenvalue weighted by Gasteiger charge is -2.14. The maximum atomic E-state index is 12.2. The molecule has 10 heteroatoms. The van der Waals surface area contributed by atoms with Crippen molar-refractivity contribution >= 4 is 28.3 Å². The number of hydrogen-bond acceptors (Lipinski definition) is 6. The van der Waals surface area contributed by atoms with Crippen LogP contribution < -0.4 is 15.8 Å². The molecule has 0 bridgehead atoms. The summed E-state index contributed by atoms with van der Waals surface area (Å²) in [7, 11) is -3.84. The van der Waals surface area contributed by atoms with Crippen LogP contribution in [0.5, 0.6) is 0 Å². The van der Waals surface area contributed by atoms with E-state index < -0.39 is 22.0 Å². The van der Waals surface area contributed by atoms with Crippen molar-refractivity contribution in [2.45, 2.75) is 38.1 Å². The number of rotatable bonds is 7. The van der Waals surface area contributed by atoms with E-state index >= 15 is 0 Å². The van der Waals surface area contributed by atoms with Crippen LogP contribution in [-0.4, -0.2) is 38.6 Å². The van der Waals surface area contributed by atoms with E-state index in [2.05, 4.69) is 15.2 Å². The molecular weight excluding hydrogens is 320 g/mol. The molecule has 0 saturated carbocycles. The van der Waals surface area contributed by atoms with Gasteiger partial charge < -0.3 is 15.6 Å². The molecule has 0 fully saturated rings. The number of nitrogens with zero attached hydrogens (tertiary/aromatic N) is 1. The molecule has 1 aromatic rings. The Hall–Kier alpha value is -1.16. The van der Waals surface area contributed by atoms with Crippen LogP contribution >= 0.6 is 12.4 Å². The van der Waals surface area contributed by atoms with Crippen LogP contribution in [0.1, 0.15) is 24.8 Å². The van der Waals surface area contributed by atoms with E-state index in [0.717, 1.165) is 0 Å². The molecule has 1 unspecified atom stereocenters. The number of halogens is 1. The molecule has 1 aromatic heterocycles. The molecule has 1 amide bonds. The summed E-state index contributed by atoms with van der Waals surface area (Å²) >= 11 is 0. The molecule has 8 nitrogen and oxygen atoms in total. The average molecular weight is 341 g/mol. The van der Waals surface area contributed by atoms with Gasteiger partial charge in [-0.05, 0) is 33.7 Å². The topological polar surface area (TPSA) is 127 Å². The number of carbonyl (C=O) groups excluding carboxylic acids is 1. The van der Waals surface area contributed by atoms with E-state index in [1.807, 2.05) is 0 Å². The summed E-state index contributed by atoms with van der Waals surface area (Å²) in [5.41, 5.74) is 5.57. The van der Waals surface area contributed by atoms with Crippen molar-refractivity contribution in [3.05, 3.63) is 11.5 Å². The zero-order valence-corrected chi connectivity index (χ0v) is 13.8. The highest BCUT2D eigenvalue weighted by atomic mass is 35.5. The molecule has 4 N–H and O–H groups in total. The molecule has 1 atom stereocenters. The van der Waals surface area contributed by atoms with Gasteiger partial charge in [0.25, 0.3) is 0 Å². The molecule has 0 radical (unpaired) electrons. The summed E-state index contributed by atoms with van der Waals surface area (Å²) in [6.45, 7) is 5.36. The number of aryl methyl sites for hydroxylation is 2. The van der Waals surface area contributed by atoms with E-state index in [-0.39, 0.29) is 28.8 Å². The Morgan fingerprint density at radius 2 is 2.05 bits per heavy atom. The van der Waals surface area contributed by atoms with Gasteiger partial charge in [0.05, 0.1) is 6.04 Å². The first-order valence-corrected chi connectivity index (χ1v) is 7.71. The highest BCUT2D eigenvalue weighted by Crippen LogP contribution is 2.18. The molecular formula is C11H21ClN4O4S. The predicted octanol–water partition coefficient (Wildman–Crippen LogP) is -0.155. The quantitative estimate of drug-likeness (QED) is 0.592. The Morgan fingerprint density at radius 3 is 2.52 bits per heavy atom. The molecule has 0 saturated heterocycles. The Morgan fingerprint density at radius 1 is 1.43 bits per heavy atom. The minimum Gasteiger partial charge on any atom is -0.360 e. The van der Waals surface area contributed by atoms with Crippen molar-refractivity contribution in [1.82, 2.24) is 15.2 Å². The number of carbonyl (C=O) groups is 1. The Labute approximate surface area is 130 Å². The van der Waals surface area contributed by atoms with E-state index in [1.165, 1.54) is 20.8 Å². The summed E-state index contributed by atoms with van der Waals surface area (Å²) < 4.78 is 31.5. The van der Waals surface area contributed by atoms with E-state index in [1.54, 1.807) is 0 Å². The minimum absolute atomic E-state index is 0. The summed E-state index contributed by atoms with van der Waals surface area (Å²) in [5, 5.41) is 6.18. The monoisotopic (exact) mass is 340 g/mol. The normalized spacial score (nSPS) is 12.6. The van der Waals surface area contributed by atoms with Gasteiger partial charge in [-0.2, -0.15) is 4.72 Å². The fraction of sp³-hybridized carbons (Fsp3) is 0.636. The third-order valence-electron chi connectivity index (χ3n) is 2.64. The van der Waals surface area contributed by atoms with Crippen LogP contribution in [0.3, 0.4) is 0 Å². The van der Waals surface area contributed by atoms with Crippen LogP contribution in [0.2, 0.25) is 0 Å². The molecule has 0 aromatic carbocycles. The van der Waals surface area contributed by atoms with Gasteiger partial charge in [-0.3, -0.25) is 4.79 Å². The molecule has 0 aliphatic carbocycles. The standard InChI is InChI=1S/C11H20N4O4S.ClH/c1-7-10(9(3)19-14-7)20(17,18)15-8(2)11(16)13-6-4-5-12;/h8,15H,4-6,12H2,1-3H3,(H,13,16);1H. The number of sulfonamides is 1. The SMILES string of the molecule is Cc1noc(C)c1S(=O)(=O)NC(C)C(=O)NCCCN.Cl. The van der Waals surface area contributed by atoms with E-state index in [4.69, 9.17) is 10.3 Å². The lowest BCUT2D eigenvalue weighted by molar-refractivity contribution is -0.122. The first-order valence-electron chi connectivity index (χ1n) is 6.22. The number of hydrogen-bond donors (Lipinski definition) is 3. The molecule has 0 spiro atoms. The van der Waals surface area contributed by atoms with Gasteiger partial charge in [0.1, 0.15) is 10.6 Å². The minimum atomic E-state index is -3.84. The molecule has 1 rings (SSSR count). The third-order valence-corrected chi connectivity index (χ3v) is 4.43. The van der Waals surface area contributed by atoms with E-state index in [9.17, 15) is 13.2 Å². The number of nitrogens with one attached hydrogen (secondary N) is 2. The Balaban J connectivity index is 0.00000400. The van der Waals surface area contributed by atoms with Crippen molar-refractivity contribution in [2.75, 3.05) is 13.1 Å². The average Bonchev–Trinajstić information content (AvgIpc) is 2.69. The first-order chi connectivity index (χ1) is 9.29. The highest BCUT2D eigenvalue weighted by Gasteiger charge is 2.27. The highest BCUT2D eigenvalue weighted by molar-refractivity contribution is 7.89. The van der Waals surface area contributed by atoms with Crippen LogP contribution in [0.15, 0.2) is 9.42 Å². The van der Waals surface area contributed by atoms with Crippen LogP contribution in [0.25, 0.3) is 0 Å². The number of amides is 1. The molecule has 122 valence electrons. The molecule has 0 aliphatic rings. The molecule has 1 heterocycles. The van der Waals surface area contributed by atoms with Gasteiger partial charge in [-0.1, -0.05) is 5.16 Å². The lowest BCUT2D eigenvalue weighted by atomic mass is 10.3. The van der Waals surface area contributed by atoms with Gasteiger partial charge in [-0.25, -0.2) is 8.42 Å². The number of aromatic nitrogens is 1. The van der Waals surface area contributed by atoms with Gasteiger partial charge in [-0.15, -0.1) is 12.4 Å². The first kappa shape index (κ1) is 19.8. The summed E-state index contributed by atoms with van der Waals surface area (Å²) in [6.07, 6.45) is 0.634. The summed E-state index contributed by atoms with van der Waals surface area (Å²) in [5.74, 6) is -0.223. The van der Waals surface area contributed by atoms with Crippen LogP contribution in [-0.2, 0) is 14.8 Å². The second-order valence-corrected chi connectivity index (χ2v) is 6.08. The van der Waals surface area contributed by atoms with Gasteiger partial charge in [0.2, 0.25) is 15.9 Å². The largest absolute Gasteiger partial charge is 0.360 e. The lowest BCUT2D eigenvalue weighted by Crippen LogP contribution is -2.45. The van der Waals surface area contributed by atoms with Gasteiger partial charge >= 0.3 is 0 Å². The summed E-state index contributed by atoms with van der Waals surface area (Å²) in [4.78, 5) is 11.7. The van der Waals surface area contributed by atoms with Crippen molar-refractivity contribution in [3.8, 4) is 0 Å². The third kappa shape index (κ3) is 5.27. The van der Waals surface area contributed by atoms with Gasteiger partial charge in [0.15, 0.2) is 5.76 Å². The fourth-order valence-corrected chi connectivity index (χ4v) is 3.20.